The number of piperazine rings is 1. The molecule has 2 fully saturated rings. The highest BCUT2D eigenvalue weighted by Crippen LogP contribution is 2.27. The smallest absolute Gasteiger partial charge is 0.0219 e. The van der Waals surface area contributed by atoms with Crippen LogP contribution in [0.3, 0.4) is 0 Å². The van der Waals surface area contributed by atoms with Crippen LogP contribution in [0.1, 0.15) is 58.3 Å². The van der Waals surface area contributed by atoms with Crippen LogP contribution in [-0.4, -0.2) is 54.6 Å². The fourth-order valence-electron chi connectivity index (χ4n) is 3.34. The van der Waals surface area contributed by atoms with Crippen molar-refractivity contribution in [1.29, 1.82) is 0 Å². The molecule has 0 radical (unpaired) electrons. The van der Waals surface area contributed by atoms with Gasteiger partial charge in [-0.1, -0.05) is 39.0 Å². The van der Waals surface area contributed by atoms with Crippen molar-refractivity contribution in [3.8, 4) is 0 Å². The molecule has 1 heterocycles. The van der Waals surface area contributed by atoms with Gasteiger partial charge >= 0.3 is 0 Å². The van der Waals surface area contributed by atoms with E-state index in [1.807, 2.05) is 0 Å². The van der Waals surface area contributed by atoms with Crippen molar-refractivity contribution in [1.82, 2.24) is 9.80 Å². The molecule has 3 heteroatoms. The molecule has 1 saturated carbocycles. The SMILES string of the molecule is CCCCCCCC(CN)N1CCN(C2CC2)CC1. The number of unbranched alkanes of at least 4 members (excludes halogenated alkanes) is 4. The molecule has 0 spiro atoms. The van der Waals surface area contributed by atoms with Gasteiger partial charge < -0.3 is 5.73 Å². The van der Waals surface area contributed by atoms with Gasteiger partial charge in [-0.3, -0.25) is 9.80 Å². The zero-order valence-electron chi connectivity index (χ0n) is 12.8. The van der Waals surface area contributed by atoms with Crippen LogP contribution in [0.25, 0.3) is 0 Å². The van der Waals surface area contributed by atoms with Crippen LogP contribution in [0.2, 0.25) is 0 Å². The standard InChI is InChI=1S/C16H33N3/c1-2-3-4-5-6-7-16(14-17)19-12-10-18(11-13-19)15-8-9-15/h15-16H,2-14,17H2,1H3. The van der Waals surface area contributed by atoms with Gasteiger partial charge in [0.25, 0.3) is 0 Å². The summed E-state index contributed by atoms with van der Waals surface area (Å²) in [6, 6.07) is 1.58. The maximum atomic E-state index is 6.00. The summed E-state index contributed by atoms with van der Waals surface area (Å²) in [6.45, 7) is 8.16. The first kappa shape index (κ1) is 15.3. The van der Waals surface area contributed by atoms with E-state index in [2.05, 4.69) is 16.7 Å². The Bertz CT molecular complexity index is 232. The Balaban J connectivity index is 1.60. The van der Waals surface area contributed by atoms with Gasteiger partial charge in [-0.2, -0.15) is 0 Å². The largest absolute Gasteiger partial charge is 0.329 e. The lowest BCUT2D eigenvalue weighted by Gasteiger charge is -2.39. The van der Waals surface area contributed by atoms with Crippen LogP contribution < -0.4 is 5.73 Å². The number of nitrogens with two attached hydrogens (primary N) is 1. The first-order valence-electron chi connectivity index (χ1n) is 8.53. The monoisotopic (exact) mass is 267 g/mol. The van der Waals surface area contributed by atoms with Crippen LogP contribution in [0.15, 0.2) is 0 Å². The number of nitrogens with zero attached hydrogens (tertiary/aromatic N) is 2. The molecule has 2 rings (SSSR count). The number of rotatable bonds is 9. The predicted molar refractivity (Wildman–Crippen MR) is 82.4 cm³/mol. The molecule has 19 heavy (non-hydrogen) atoms. The highest BCUT2D eigenvalue weighted by atomic mass is 15.3. The van der Waals surface area contributed by atoms with Crippen LogP contribution in [0.5, 0.6) is 0 Å². The molecule has 1 aliphatic carbocycles. The zero-order valence-corrected chi connectivity index (χ0v) is 12.8. The van der Waals surface area contributed by atoms with Crippen LogP contribution in [-0.2, 0) is 0 Å². The molecule has 0 aromatic rings. The lowest BCUT2D eigenvalue weighted by Crippen LogP contribution is -2.52. The molecule has 0 aromatic heterocycles. The quantitative estimate of drug-likeness (QED) is 0.651. The van der Waals surface area contributed by atoms with Gasteiger partial charge in [-0.05, 0) is 19.3 Å². The van der Waals surface area contributed by atoms with Crippen molar-refractivity contribution in [2.45, 2.75) is 70.4 Å². The van der Waals surface area contributed by atoms with Crippen LogP contribution >= 0.6 is 0 Å². The van der Waals surface area contributed by atoms with E-state index in [-0.39, 0.29) is 0 Å². The Hall–Kier alpha value is -0.120. The summed E-state index contributed by atoms with van der Waals surface area (Å²) >= 11 is 0. The molecule has 1 atom stereocenters. The molecule has 112 valence electrons. The lowest BCUT2D eigenvalue weighted by atomic mass is 10.0. The average Bonchev–Trinajstić information content (AvgIpc) is 3.28. The molecular formula is C16H33N3. The van der Waals surface area contributed by atoms with Crippen LogP contribution in [0, 0.1) is 0 Å². The van der Waals surface area contributed by atoms with E-state index >= 15 is 0 Å². The van der Waals surface area contributed by atoms with E-state index in [0.29, 0.717) is 6.04 Å². The van der Waals surface area contributed by atoms with Gasteiger partial charge in [0.05, 0.1) is 0 Å². The van der Waals surface area contributed by atoms with Crippen molar-refractivity contribution in [2.24, 2.45) is 5.73 Å². The topological polar surface area (TPSA) is 32.5 Å². The predicted octanol–water partition coefficient (Wildman–Crippen LogP) is 2.45. The highest BCUT2D eigenvalue weighted by molar-refractivity contribution is 4.89. The molecule has 0 bridgehead atoms. The fourth-order valence-corrected chi connectivity index (χ4v) is 3.34. The molecule has 1 aliphatic heterocycles. The maximum Gasteiger partial charge on any atom is 0.0219 e. The summed E-state index contributed by atoms with van der Waals surface area (Å²) in [5.41, 5.74) is 6.00. The van der Waals surface area contributed by atoms with Gasteiger partial charge in [-0.25, -0.2) is 0 Å². The highest BCUT2D eigenvalue weighted by Gasteiger charge is 2.32. The normalized spacial score (nSPS) is 23.7. The lowest BCUT2D eigenvalue weighted by molar-refractivity contribution is 0.0893. The summed E-state index contributed by atoms with van der Waals surface area (Å²) in [6.07, 6.45) is 11.1. The Morgan fingerprint density at radius 1 is 1.00 bits per heavy atom. The van der Waals surface area contributed by atoms with E-state index < -0.39 is 0 Å². The van der Waals surface area contributed by atoms with Crippen molar-refractivity contribution in [3.63, 3.8) is 0 Å². The summed E-state index contributed by atoms with van der Waals surface area (Å²) in [7, 11) is 0. The first-order valence-corrected chi connectivity index (χ1v) is 8.53. The second kappa shape index (κ2) is 8.23. The Labute approximate surface area is 119 Å². The number of hydrogen-bond donors (Lipinski definition) is 1. The molecule has 1 unspecified atom stereocenters. The number of hydrogen-bond acceptors (Lipinski definition) is 3. The Kier molecular flexibility index (Phi) is 6.62. The minimum atomic E-state index is 0.642. The summed E-state index contributed by atoms with van der Waals surface area (Å²) in [4.78, 5) is 5.34. The third-order valence-corrected chi connectivity index (χ3v) is 4.84. The summed E-state index contributed by atoms with van der Waals surface area (Å²) < 4.78 is 0. The van der Waals surface area contributed by atoms with E-state index in [9.17, 15) is 0 Å². The van der Waals surface area contributed by atoms with Gasteiger partial charge in [-0.15, -0.1) is 0 Å². The second-order valence-electron chi connectivity index (χ2n) is 6.40. The van der Waals surface area contributed by atoms with E-state index in [1.54, 1.807) is 0 Å². The maximum absolute atomic E-state index is 6.00. The fraction of sp³-hybridized carbons (Fsp3) is 1.00. The molecule has 2 aliphatic rings. The molecule has 1 saturated heterocycles. The van der Waals surface area contributed by atoms with E-state index in [4.69, 9.17) is 5.73 Å². The van der Waals surface area contributed by atoms with E-state index in [0.717, 1.165) is 12.6 Å². The molecule has 2 N–H and O–H groups in total. The van der Waals surface area contributed by atoms with E-state index in [1.165, 1.54) is 77.5 Å². The third-order valence-electron chi connectivity index (χ3n) is 4.84. The second-order valence-corrected chi connectivity index (χ2v) is 6.40. The molecule has 0 aromatic carbocycles. The van der Waals surface area contributed by atoms with Gasteiger partial charge in [0.1, 0.15) is 0 Å². The Morgan fingerprint density at radius 2 is 1.68 bits per heavy atom. The van der Waals surface area contributed by atoms with Crippen molar-refractivity contribution in [2.75, 3.05) is 32.7 Å². The summed E-state index contributed by atoms with van der Waals surface area (Å²) in [5.74, 6) is 0. The first-order chi connectivity index (χ1) is 9.35. The van der Waals surface area contributed by atoms with Crippen LogP contribution in [0.4, 0.5) is 0 Å². The Morgan fingerprint density at radius 3 is 2.26 bits per heavy atom. The zero-order chi connectivity index (χ0) is 13.5. The minimum absolute atomic E-state index is 0.642. The minimum Gasteiger partial charge on any atom is -0.329 e. The van der Waals surface area contributed by atoms with Crippen molar-refractivity contribution in [3.05, 3.63) is 0 Å². The molecular weight excluding hydrogens is 234 g/mol. The molecule has 3 nitrogen and oxygen atoms in total. The van der Waals surface area contributed by atoms with Crippen molar-refractivity contribution < 1.29 is 0 Å². The van der Waals surface area contributed by atoms with Gasteiger partial charge in [0, 0.05) is 44.8 Å². The third kappa shape index (κ3) is 5.05. The van der Waals surface area contributed by atoms with Gasteiger partial charge in [0.15, 0.2) is 0 Å². The summed E-state index contributed by atoms with van der Waals surface area (Å²) in [5, 5.41) is 0. The molecule has 0 amide bonds. The van der Waals surface area contributed by atoms with Crippen molar-refractivity contribution >= 4 is 0 Å². The van der Waals surface area contributed by atoms with Gasteiger partial charge in [0.2, 0.25) is 0 Å². The average molecular weight is 267 g/mol.